The van der Waals surface area contributed by atoms with Crippen molar-refractivity contribution in [3.8, 4) is 11.3 Å². The monoisotopic (exact) mass is 574 g/mol. The molecule has 7 nitrogen and oxygen atoms in total. The van der Waals surface area contributed by atoms with Gasteiger partial charge in [0, 0.05) is 9.13 Å². The molecule has 2 amide bonds. The first-order valence-corrected chi connectivity index (χ1v) is 10.6. The fourth-order valence-corrected chi connectivity index (χ4v) is 3.91. The van der Waals surface area contributed by atoms with Gasteiger partial charge in [-0.15, -0.1) is 0 Å². The molecule has 154 valence electrons. The van der Waals surface area contributed by atoms with Gasteiger partial charge in [-0.2, -0.15) is 0 Å². The second-order valence-corrected chi connectivity index (χ2v) is 8.29. The molecule has 0 fully saturated rings. The summed E-state index contributed by atoms with van der Waals surface area (Å²) in [5.74, 6) is -0.744. The second-order valence-electron chi connectivity index (χ2n) is 5.90. The van der Waals surface area contributed by atoms with Crippen molar-refractivity contribution in [3.05, 3.63) is 73.0 Å². The number of hydrazine groups is 1. The molecule has 0 bridgehead atoms. The number of aromatic nitrogens is 1. The number of nitrogens with one attached hydrogen (secondary N) is 3. The quantitative estimate of drug-likeness (QED) is 0.242. The molecule has 30 heavy (non-hydrogen) atoms. The van der Waals surface area contributed by atoms with Crippen molar-refractivity contribution in [1.82, 2.24) is 21.3 Å². The Kier molecular flexibility index (Phi) is 7.29. The Bertz CT molecular complexity index is 1130. The van der Waals surface area contributed by atoms with Gasteiger partial charge < -0.3 is 4.52 Å². The van der Waals surface area contributed by atoms with Gasteiger partial charge in [0.05, 0.1) is 15.6 Å². The van der Waals surface area contributed by atoms with Crippen LogP contribution in [0.1, 0.15) is 26.5 Å². The van der Waals surface area contributed by atoms with Gasteiger partial charge in [-0.1, -0.05) is 46.6 Å². The molecule has 0 aliphatic carbocycles. The second kappa shape index (κ2) is 9.73. The topological polar surface area (TPSA) is 96.3 Å². The number of carbonyl (C=O) groups excluding carboxylic acids is 2. The number of halogens is 3. The molecular formula is C19H13Cl2IN4O3S. The van der Waals surface area contributed by atoms with Crippen molar-refractivity contribution >= 4 is 74.9 Å². The first kappa shape index (κ1) is 22.5. The smallest absolute Gasteiger partial charge is 0.270 e. The average molecular weight is 575 g/mol. The zero-order chi connectivity index (χ0) is 21.8. The van der Waals surface area contributed by atoms with Crippen LogP contribution in [0.2, 0.25) is 10.0 Å². The highest BCUT2D eigenvalue weighted by Gasteiger charge is 2.25. The number of nitrogens with zero attached hydrogens (tertiary/aromatic N) is 1. The van der Waals surface area contributed by atoms with Crippen molar-refractivity contribution in [1.29, 1.82) is 0 Å². The highest BCUT2D eigenvalue weighted by molar-refractivity contribution is 14.1. The summed E-state index contributed by atoms with van der Waals surface area (Å²) in [7, 11) is 0. The van der Waals surface area contributed by atoms with E-state index >= 15 is 0 Å². The fourth-order valence-electron chi connectivity index (χ4n) is 2.56. The molecule has 0 saturated carbocycles. The van der Waals surface area contributed by atoms with Crippen LogP contribution in [0.4, 0.5) is 0 Å². The van der Waals surface area contributed by atoms with E-state index in [1.807, 2.05) is 28.7 Å². The summed E-state index contributed by atoms with van der Waals surface area (Å²) in [6.07, 6.45) is 0. The summed E-state index contributed by atoms with van der Waals surface area (Å²) in [6.45, 7) is 1.58. The molecule has 0 aliphatic heterocycles. The lowest BCUT2D eigenvalue weighted by Gasteiger charge is -2.12. The summed E-state index contributed by atoms with van der Waals surface area (Å²) >= 11 is 19.6. The van der Waals surface area contributed by atoms with E-state index in [1.54, 1.807) is 43.3 Å². The van der Waals surface area contributed by atoms with E-state index in [0.717, 1.165) is 3.57 Å². The van der Waals surface area contributed by atoms with Gasteiger partial charge in [-0.25, -0.2) is 0 Å². The molecule has 0 unspecified atom stereocenters. The third-order valence-corrected chi connectivity index (χ3v) is 5.70. The Labute approximate surface area is 200 Å². The number of benzene rings is 2. The highest BCUT2D eigenvalue weighted by atomic mass is 127. The molecule has 2 aromatic carbocycles. The van der Waals surface area contributed by atoms with Gasteiger partial charge in [0.2, 0.25) is 0 Å². The lowest BCUT2D eigenvalue weighted by atomic mass is 10.1. The highest BCUT2D eigenvalue weighted by Crippen LogP contribution is 2.36. The van der Waals surface area contributed by atoms with Crippen LogP contribution in [0.5, 0.6) is 0 Å². The third kappa shape index (κ3) is 4.91. The van der Waals surface area contributed by atoms with E-state index in [4.69, 9.17) is 39.9 Å². The van der Waals surface area contributed by atoms with Crippen LogP contribution in [0, 0.1) is 10.5 Å². The van der Waals surface area contributed by atoms with E-state index in [2.05, 4.69) is 21.3 Å². The third-order valence-electron chi connectivity index (χ3n) is 3.92. The van der Waals surface area contributed by atoms with Crippen LogP contribution in [-0.2, 0) is 0 Å². The molecular weight excluding hydrogens is 562 g/mol. The van der Waals surface area contributed by atoms with Crippen LogP contribution >= 0.6 is 58.0 Å². The largest absolute Gasteiger partial charge is 0.360 e. The van der Waals surface area contributed by atoms with Gasteiger partial charge in [0.25, 0.3) is 11.8 Å². The number of aryl methyl sites for hydroxylation is 1. The van der Waals surface area contributed by atoms with E-state index in [9.17, 15) is 9.59 Å². The number of hydrogen-bond donors (Lipinski definition) is 3. The lowest BCUT2D eigenvalue weighted by Crippen LogP contribution is -2.48. The predicted molar refractivity (Wildman–Crippen MR) is 127 cm³/mol. The molecule has 3 N–H and O–H groups in total. The van der Waals surface area contributed by atoms with Gasteiger partial charge in [-0.05, 0) is 66.0 Å². The Hall–Kier alpha value is -2.21. The SMILES string of the molecule is Cc1onc(-c2c(Cl)cccc2Cl)c1C(=O)NC(=S)NNC(=O)c1ccccc1I. The first-order chi connectivity index (χ1) is 14.3. The van der Waals surface area contributed by atoms with Crippen molar-refractivity contribution in [2.24, 2.45) is 0 Å². The summed E-state index contributed by atoms with van der Waals surface area (Å²) in [5, 5.41) is 6.91. The molecule has 0 radical (unpaired) electrons. The zero-order valence-electron chi connectivity index (χ0n) is 15.3. The van der Waals surface area contributed by atoms with E-state index < -0.39 is 11.8 Å². The van der Waals surface area contributed by atoms with E-state index in [1.165, 1.54) is 0 Å². The maximum Gasteiger partial charge on any atom is 0.270 e. The van der Waals surface area contributed by atoms with Crippen molar-refractivity contribution in [2.45, 2.75) is 6.92 Å². The van der Waals surface area contributed by atoms with Crippen LogP contribution < -0.4 is 16.2 Å². The Morgan fingerprint density at radius 3 is 2.37 bits per heavy atom. The lowest BCUT2D eigenvalue weighted by molar-refractivity contribution is 0.0933. The summed E-state index contributed by atoms with van der Waals surface area (Å²) in [5.41, 5.74) is 6.08. The number of carbonyl (C=O) groups is 2. The minimum Gasteiger partial charge on any atom is -0.360 e. The molecule has 11 heteroatoms. The minimum atomic E-state index is -0.597. The standard InChI is InChI=1S/C19H13Cl2IN4O3S/c1-9-14(16(26-29-9)15-11(20)6-4-7-12(15)21)18(28)23-19(30)25-24-17(27)10-5-2-3-8-13(10)22/h2-8H,1H3,(H,24,27)(H2,23,25,28,30). The van der Waals surface area contributed by atoms with Gasteiger partial charge in [0.15, 0.2) is 5.11 Å². The number of amides is 2. The molecule has 0 atom stereocenters. The molecule has 0 spiro atoms. The van der Waals surface area contributed by atoms with Crippen LogP contribution in [0.25, 0.3) is 11.3 Å². The first-order valence-electron chi connectivity index (χ1n) is 8.36. The summed E-state index contributed by atoms with van der Waals surface area (Å²) in [6, 6.07) is 12.0. The van der Waals surface area contributed by atoms with Crippen molar-refractivity contribution < 1.29 is 14.1 Å². The summed E-state index contributed by atoms with van der Waals surface area (Å²) < 4.78 is 5.94. The molecule has 3 rings (SSSR count). The van der Waals surface area contributed by atoms with Crippen LogP contribution in [0.15, 0.2) is 47.0 Å². The Morgan fingerprint density at radius 1 is 1.03 bits per heavy atom. The van der Waals surface area contributed by atoms with Crippen LogP contribution in [0.3, 0.4) is 0 Å². The maximum atomic E-state index is 12.8. The molecule has 0 saturated heterocycles. The minimum absolute atomic E-state index is 0.115. The normalized spacial score (nSPS) is 10.4. The molecule has 1 heterocycles. The molecule has 3 aromatic rings. The molecule has 1 aromatic heterocycles. The number of rotatable bonds is 3. The fraction of sp³-hybridized carbons (Fsp3) is 0.0526. The predicted octanol–water partition coefficient (Wildman–Crippen LogP) is 4.51. The van der Waals surface area contributed by atoms with Crippen molar-refractivity contribution in [3.63, 3.8) is 0 Å². The molecule has 0 aliphatic rings. The maximum absolute atomic E-state index is 12.8. The van der Waals surface area contributed by atoms with Gasteiger partial charge in [-0.3, -0.25) is 25.8 Å². The summed E-state index contributed by atoms with van der Waals surface area (Å²) in [4.78, 5) is 25.0. The number of thiocarbonyl (C=S) groups is 1. The van der Waals surface area contributed by atoms with Crippen LogP contribution in [-0.4, -0.2) is 22.1 Å². The van der Waals surface area contributed by atoms with Gasteiger partial charge in [0.1, 0.15) is 17.0 Å². The zero-order valence-corrected chi connectivity index (χ0v) is 19.7. The van der Waals surface area contributed by atoms with E-state index in [0.29, 0.717) is 21.2 Å². The Balaban J connectivity index is 1.73. The van der Waals surface area contributed by atoms with E-state index in [-0.39, 0.29) is 22.1 Å². The van der Waals surface area contributed by atoms with Gasteiger partial charge >= 0.3 is 0 Å². The average Bonchev–Trinajstić information content (AvgIpc) is 3.07. The number of hydrogen-bond acceptors (Lipinski definition) is 5. The van der Waals surface area contributed by atoms with Crippen molar-refractivity contribution in [2.75, 3.05) is 0 Å². The Morgan fingerprint density at radius 2 is 1.70 bits per heavy atom.